The Morgan fingerprint density at radius 2 is 1.76 bits per heavy atom. The highest BCUT2D eigenvalue weighted by Gasteiger charge is 2.31. The predicted molar refractivity (Wildman–Crippen MR) is 161 cm³/mol. The molecule has 0 spiro atoms. The molecule has 4 aromatic rings. The maximum atomic E-state index is 13.6. The maximum absolute atomic E-state index is 13.6. The van der Waals surface area contributed by atoms with E-state index >= 15 is 0 Å². The number of esters is 2. The lowest BCUT2D eigenvalue weighted by Gasteiger charge is -2.25. The Balaban J connectivity index is 1.59. The highest BCUT2D eigenvalue weighted by molar-refractivity contribution is 7.89. The molecule has 0 fully saturated rings. The van der Waals surface area contributed by atoms with Gasteiger partial charge >= 0.3 is 11.9 Å². The van der Waals surface area contributed by atoms with Gasteiger partial charge in [0.1, 0.15) is 28.9 Å². The van der Waals surface area contributed by atoms with Crippen LogP contribution in [0.3, 0.4) is 0 Å². The molecule has 0 aliphatic heterocycles. The normalized spacial score (nSPS) is 12.8. The number of aryl methyl sites for hydroxylation is 2. The number of hydrogen-bond donors (Lipinski definition) is 2. The number of hydrogen-bond acceptors (Lipinski definition) is 9. The SMILES string of the molecule is CCOC(=O)CCCn1ccc2c(NC[C@H](NS(=O)(=O)c3cccc4ccccc34)C(=O)OC(C)(C)C)nc(C)nc21. The second-order valence-electron chi connectivity index (χ2n) is 10.8. The van der Waals surface area contributed by atoms with Crippen LogP contribution in [0.4, 0.5) is 5.82 Å². The van der Waals surface area contributed by atoms with Crippen molar-refractivity contribution >= 4 is 49.6 Å². The van der Waals surface area contributed by atoms with Crippen LogP contribution in [0, 0.1) is 6.92 Å². The van der Waals surface area contributed by atoms with Gasteiger partial charge in [-0.05, 0) is 58.6 Å². The molecule has 224 valence electrons. The third-order valence-corrected chi connectivity index (χ3v) is 7.85. The average Bonchev–Trinajstić information content (AvgIpc) is 3.32. The van der Waals surface area contributed by atoms with E-state index in [1.54, 1.807) is 52.8 Å². The van der Waals surface area contributed by atoms with Gasteiger partial charge in [-0.25, -0.2) is 18.4 Å². The number of carbonyl (C=O) groups excluding carboxylic acids is 2. The van der Waals surface area contributed by atoms with Crippen LogP contribution in [-0.4, -0.2) is 59.7 Å². The zero-order valence-corrected chi connectivity index (χ0v) is 25.3. The van der Waals surface area contributed by atoms with E-state index in [1.807, 2.05) is 35.0 Å². The van der Waals surface area contributed by atoms with Gasteiger partial charge in [-0.3, -0.25) is 9.59 Å². The smallest absolute Gasteiger partial charge is 0.326 e. The number of benzene rings is 2. The molecule has 4 rings (SSSR count). The monoisotopic (exact) mass is 595 g/mol. The van der Waals surface area contributed by atoms with Gasteiger partial charge in [0.15, 0.2) is 0 Å². The molecule has 2 aromatic heterocycles. The van der Waals surface area contributed by atoms with Crippen LogP contribution in [0.15, 0.2) is 59.6 Å². The Hall–Kier alpha value is -4.03. The van der Waals surface area contributed by atoms with Gasteiger partial charge < -0.3 is 19.4 Å². The summed E-state index contributed by atoms with van der Waals surface area (Å²) in [7, 11) is -4.12. The van der Waals surface area contributed by atoms with Crippen LogP contribution < -0.4 is 10.0 Å². The second kappa shape index (κ2) is 12.9. The van der Waals surface area contributed by atoms with Crippen LogP contribution in [0.25, 0.3) is 21.8 Å². The third kappa shape index (κ3) is 7.62. The molecule has 2 N–H and O–H groups in total. The first kappa shape index (κ1) is 30.9. The lowest BCUT2D eigenvalue weighted by Crippen LogP contribution is -2.48. The Bertz CT molecular complexity index is 1690. The summed E-state index contributed by atoms with van der Waals surface area (Å²) in [6.07, 6.45) is 2.71. The van der Waals surface area contributed by atoms with E-state index in [2.05, 4.69) is 20.0 Å². The van der Waals surface area contributed by atoms with Crippen LogP contribution >= 0.6 is 0 Å². The zero-order valence-electron chi connectivity index (χ0n) is 24.5. The minimum Gasteiger partial charge on any atom is -0.466 e. The molecule has 12 heteroatoms. The molecule has 1 atom stereocenters. The summed E-state index contributed by atoms with van der Waals surface area (Å²) in [5.41, 5.74) is -0.182. The van der Waals surface area contributed by atoms with Gasteiger partial charge in [0.2, 0.25) is 10.0 Å². The Kier molecular flexibility index (Phi) is 9.47. The summed E-state index contributed by atoms with van der Waals surface area (Å²) in [5.74, 6) is -0.0429. The first-order valence-electron chi connectivity index (χ1n) is 13.8. The summed E-state index contributed by atoms with van der Waals surface area (Å²) >= 11 is 0. The number of rotatable bonds is 12. The quantitative estimate of drug-likeness (QED) is 0.229. The van der Waals surface area contributed by atoms with Gasteiger partial charge in [-0.15, -0.1) is 0 Å². The van der Waals surface area contributed by atoms with Crippen molar-refractivity contribution in [2.75, 3.05) is 18.5 Å². The first-order chi connectivity index (χ1) is 19.9. The summed E-state index contributed by atoms with van der Waals surface area (Å²) in [4.78, 5) is 34.1. The number of sulfonamides is 1. The predicted octanol–water partition coefficient (Wildman–Crippen LogP) is 4.34. The van der Waals surface area contributed by atoms with Crippen molar-refractivity contribution in [3.63, 3.8) is 0 Å². The van der Waals surface area contributed by atoms with Gasteiger partial charge in [0, 0.05) is 31.1 Å². The van der Waals surface area contributed by atoms with E-state index in [0.29, 0.717) is 47.6 Å². The topological polar surface area (TPSA) is 142 Å². The van der Waals surface area contributed by atoms with Crippen molar-refractivity contribution in [1.82, 2.24) is 19.3 Å². The average molecular weight is 596 g/mol. The third-order valence-electron chi connectivity index (χ3n) is 6.32. The van der Waals surface area contributed by atoms with Crippen LogP contribution in [-0.2, 0) is 35.6 Å². The molecular weight excluding hydrogens is 558 g/mol. The Morgan fingerprint density at radius 3 is 2.50 bits per heavy atom. The van der Waals surface area contributed by atoms with Crippen molar-refractivity contribution in [2.24, 2.45) is 0 Å². The molecule has 0 bridgehead atoms. The van der Waals surface area contributed by atoms with E-state index < -0.39 is 27.6 Å². The van der Waals surface area contributed by atoms with Crippen molar-refractivity contribution in [2.45, 2.75) is 70.5 Å². The molecule has 2 heterocycles. The molecule has 0 aliphatic carbocycles. The molecule has 0 aliphatic rings. The lowest BCUT2D eigenvalue weighted by molar-refractivity contribution is -0.156. The molecular formula is C30H37N5O6S. The van der Waals surface area contributed by atoms with Gasteiger partial charge in [0.05, 0.1) is 16.9 Å². The lowest BCUT2D eigenvalue weighted by atomic mass is 10.1. The van der Waals surface area contributed by atoms with E-state index in [1.165, 1.54) is 6.07 Å². The van der Waals surface area contributed by atoms with Gasteiger partial charge in [-0.1, -0.05) is 36.4 Å². The standard InChI is InChI=1S/C30H37N5O6S/c1-6-40-26(36)15-10-17-35-18-16-23-27(32-20(2)33-28(23)35)31-19-24(29(37)41-30(3,4)5)34-42(38,39)25-14-9-12-21-11-7-8-13-22(21)25/h7-9,11-14,16,18,24,34H,6,10,15,17,19H2,1-5H3,(H,31,32,33)/t24-/m0/s1. The Morgan fingerprint density at radius 1 is 1.02 bits per heavy atom. The number of nitrogens with one attached hydrogen (secondary N) is 2. The highest BCUT2D eigenvalue weighted by Crippen LogP contribution is 2.25. The van der Waals surface area contributed by atoms with E-state index in [-0.39, 0.29) is 23.8 Å². The minimum atomic E-state index is -4.12. The van der Waals surface area contributed by atoms with Crippen LogP contribution in [0.5, 0.6) is 0 Å². The number of ether oxygens (including phenoxy) is 2. The van der Waals surface area contributed by atoms with E-state index in [9.17, 15) is 18.0 Å². The highest BCUT2D eigenvalue weighted by atomic mass is 32.2. The fourth-order valence-corrected chi connectivity index (χ4v) is 5.96. The molecule has 42 heavy (non-hydrogen) atoms. The molecule has 0 unspecified atom stereocenters. The van der Waals surface area contributed by atoms with Crippen molar-refractivity contribution in [1.29, 1.82) is 0 Å². The molecule has 11 nitrogen and oxygen atoms in total. The summed E-state index contributed by atoms with van der Waals surface area (Å²) in [6, 6.07) is 12.7. The van der Waals surface area contributed by atoms with Gasteiger partial charge in [-0.2, -0.15) is 4.72 Å². The number of nitrogens with zero attached hydrogens (tertiary/aromatic N) is 3. The molecule has 0 radical (unpaired) electrons. The Labute approximate surface area is 245 Å². The molecule has 2 aromatic carbocycles. The van der Waals surface area contributed by atoms with E-state index in [4.69, 9.17) is 9.47 Å². The fourth-order valence-electron chi connectivity index (χ4n) is 4.54. The number of carbonyl (C=O) groups is 2. The number of anilines is 1. The molecule has 0 saturated heterocycles. The maximum Gasteiger partial charge on any atom is 0.326 e. The summed E-state index contributed by atoms with van der Waals surface area (Å²) in [5, 5.41) is 5.14. The minimum absolute atomic E-state index is 0.0642. The van der Waals surface area contributed by atoms with Crippen molar-refractivity contribution < 1.29 is 27.5 Å². The second-order valence-corrected chi connectivity index (χ2v) is 12.5. The van der Waals surface area contributed by atoms with Crippen LogP contribution in [0.2, 0.25) is 0 Å². The first-order valence-corrected chi connectivity index (χ1v) is 15.3. The summed E-state index contributed by atoms with van der Waals surface area (Å²) < 4.78 is 42.2. The molecule has 0 amide bonds. The van der Waals surface area contributed by atoms with Gasteiger partial charge in [0.25, 0.3) is 0 Å². The largest absolute Gasteiger partial charge is 0.466 e. The summed E-state index contributed by atoms with van der Waals surface area (Å²) in [6.45, 7) is 9.43. The van der Waals surface area contributed by atoms with Crippen molar-refractivity contribution in [3.8, 4) is 0 Å². The van der Waals surface area contributed by atoms with Crippen molar-refractivity contribution in [3.05, 3.63) is 60.6 Å². The zero-order chi connectivity index (χ0) is 30.5. The fraction of sp³-hybridized carbons (Fsp3) is 0.400. The van der Waals surface area contributed by atoms with Crippen LogP contribution in [0.1, 0.15) is 46.4 Å². The number of fused-ring (bicyclic) bond motifs is 2. The number of aromatic nitrogens is 3. The van der Waals surface area contributed by atoms with E-state index in [0.717, 1.165) is 5.39 Å². The molecule has 0 saturated carbocycles.